The maximum absolute atomic E-state index is 12.9. The van der Waals surface area contributed by atoms with Gasteiger partial charge in [0, 0.05) is 6.42 Å². The molecule has 0 aromatic rings. The Hall–Kier alpha value is -1.85. The lowest BCUT2D eigenvalue weighted by atomic mass is 9.99. The molecule has 9 nitrogen and oxygen atoms in total. The van der Waals surface area contributed by atoms with E-state index in [4.69, 9.17) is 9.47 Å². The van der Waals surface area contributed by atoms with Crippen LogP contribution in [-0.2, 0) is 14.3 Å². The maximum Gasteiger partial charge on any atom is 0.220 e. The topological polar surface area (TPSA) is 149 Å². The minimum absolute atomic E-state index is 0.199. The first kappa shape index (κ1) is 50.2. The van der Waals surface area contributed by atoms with E-state index in [9.17, 15) is 30.3 Å². The highest BCUT2D eigenvalue weighted by atomic mass is 16.7. The van der Waals surface area contributed by atoms with Crippen molar-refractivity contribution < 1.29 is 39.8 Å². The summed E-state index contributed by atoms with van der Waals surface area (Å²) < 4.78 is 11.2. The van der Waals surface area contributed by atoms with Crippen molar-refractivity contribution >= 4 is 5.91 Å². The van der Waals surface area contributed by atoms with E-state index in [0.29, 0.717) is 6.42 Å². The Morgan fingerprint density at radius 2 is 1.09 bits per heavy atom. The molecule has 54 heavy (non-hydrogen) atoms. The van der Waals surface area contributed by atoms with Gasteiger partial charge >= 0.3 is 0 Å². The number of aliphatic hydroxyl groups is 5. The summed E-state index contributed by atoms with van der Waals surface area (Å²) in [6.07, 6.45) is 37.3. The Morgan fingerprint density at radius 3 is 1.63 bits per heavy atom. The molecular weight excluding hydrogens is 682 g/mol. The SMILES string of the molecule is CCC/C=C/CC/C=C/CC/C=C/C(O)C(COC1OC(CO)C(O)C(O)C1O)NC(=O)CCCCCCCCC/C=C\CCCCCCCCCCC. The molecule has 1 aliphatic heterocycles. The zero-order valence-electron chi connectivity index (χ0n) is 34.2. The predicted molar refractivity (Wildman–Crippen MR) is 221 cm³/mol. The summed E-state index contributed by atoms with van der Waals surface area (Å²) >= 11 is 0. The molecule has 6 N–H and O–H groups in total. The molecule has 0 aromatic carbocycles. The van der Waals surface area contributed by atoms with Crippen LogP contribution in [-0.4, -0.2) is 87.5 Å². The van der Waals surface area contributed by atoms with E-state index in [2.05, 4.69) is 55.6 Å². The minimum Gasteiger partial charge on any atom is -0.394 e. The molecule has 7 atom stereocenters. The van der Waals surface area contributed by atoms with Crippen LogP contribution in [0.2, 0.25) is 0 Å². The lowest BCUT2D eigenvalue weighted by Crippen LogP contribution is -2.60. The molecule has 7 unspecified atom stereocenters. The molecular formula is C45H81NO8. The largest absolute Gasteiger partial charge is 0.394 e. The number of carbonyl (C=O) groups excluding carboxylic acids is 1. The molecule has 1 aliphatic rings. The quantitative estimate of drug-likeness (QED) is 0.0278. The average molecular weight is 764 g/mol. The van der Waals surface area contributed by atoms with Gasteiger partial charge in [0.1, 0.15) is 24.4 Å². The highest BCUT2D eigenvalue weighted by Crippen LogP contribution is 2.22. The van der Waals surface area contributed by atoms with E-state index in [0.717, 1.165) is 70.6 Å². The van der Waals surface area contributed by atoms with Crippen molar-refractivity contribution in [2.24, 2.45) is 0 Å². The molecule has 1 heterocycles. The average Bonchev–Trinajstić information content (AvgIpc) is 3.17. The number of allylic oxidation sites excluding steroid dienone is 7. The van der Waals surface area contributed by atoms with Gasteiger partial charge in [-0.05, 0) is 64.2 Å². The van der Waals surface area contributed by atoms with Gasteiger partial charge in [0.05, 0.1) is 25.4 Å². The molecule has 0 spiro atoms. The molecule has 0 bridgehead atoms. The second-order valence-electron chi connectivity index (χ2n) is 15.1. The van der Waals surface area contributed by atoms with Crippen LogP contribution in [0.1, 0.15) is 174 Å². The Kier molecular flexibility index (Phi) is 33.0. The Morgan fingerprint density at radius 1 is 0.611 bits per heavy atom. The van der Waals surface area contributed by atoms with Crippen LogP contribution in [0.3, 0.4) is 0 Å². The monoisotopic (exact) mass is 764 g/mol. The summed E-state index contributed by atoms with van der Waals surface area (Å²) in [6.45, 7) is 3.66. The van der Waals surface area contributed by atoms with Crippen LogP contribution in [0.15, 0.2) is 48.6 Å². The molecule has 1 saturated heterocycles. The third-order valence-electron chi connectivity index (χ3n) is 10.1. The zero-order valence-corrected chi connectivity index (χ0v) is 34.2. The van der Waals surface area contributed by atoms with Gasteiger partial charge in [0.2, 0.25) is 5.91 Å². The summed E-state index contributed by atoms with van der Waals surface area (Å²) in [5.74, 6) is -0.199. The Bertz CT molecular complexity index is 983. The first-order chi connectivity index (χ1) is 26.3. The molecule has 0 aromatic heterocycles. The number of rotatable bonds is 35. The van der Waals surface area contributed by atoms with Crippen molar-refractivity contribution in [2.45, 2.75) is 217 Å². The minimum atomic E-state index is -1.57. The summed E-state index contributed by atoms with van der Waals surface area (Å²) in [5, 5.41) is 54.0. The lowest BCUT2D eigenvalue weighted by Gasteiger charge is -2.40. The van der Waals surface area contributed by atoms with Crippen LogP contribution in [0.4, 0.5) is 0 Å². The molecule has 0 radical (unpaired) electrons. The molecule has 9 heteroatoms. The number of nitrogens with one attached hydrogen (secondary N) is 1. The van der Waals surface area contributed by atoms with Crippen LogP contribution in [0.5, 0.6) is 0 Å². The predicted octanol–water partition coefficient (Wildman–Crippen LogP) is 8.67. The van der Waals surface area contributed by atoms with E-state index < -0.39 is 49.5 Å². The normalized spacial score (nSPS) is 21.9. The Labute approximate surface area is 329 Å². The van der Waals surface area contributed by atoms with Gasteiger partial charge in [-0.2, -0.15) is 0 Å². The van der Waals surface area contributed by atoms with E-state index in [-0.39, 0.29) is 12.5 Å². The lowest BCUT2D eigenvalue weighted by molar-refractivity contribution is -0.302. The summed E-state index contributed by atoms with van der Waals surface area (Å²) in [7, 11) is 0. The van der Waals surface area contributed by atoms with Gasteiger partial charge in [0.25, 0.3) is 0 Å². The van der Waals surface area contributed by atoms with Gasteiger partial charge in [-0.25, -0.2) is 0 Å². The summed E-state index contributed by atoms with van der Waals surface area (Å²) in [4.78, 5) is 12.9. The number of unbranched alkanes of at least 4 members (excludes halogenated alkanes) is 19. The molecule has 1 fully saturated rings. The first-order valence-corrected chi connectivity index (χ1v) is 21.9. The van der Waals surface area contributed by atoms with Crippen LogP contribution < -0.4 is 5.32 Å². The zero-order chi connectivity index (χ0) is 39.5. The standard InChI is InChI=1S/C45H81NO8/c1-3-5-7-9-11-13-15-16-17-18-19-20-21-22-23-25-27-29-31-33-35-41(49)46-38(37-53-45-44(52)43(51)42(50)40(36-47)54-45)39(48)34-32-30-28-26-24-14-12-10-8-6-4-2/h8,10,19-20,24,26,32,34,38-40,42-45,47-48,50-52H,3-7,9,11-18,21-23,25,27-31,33,35-37H2,1-2H3,(H,46,49)/b10-8+,20-19-,26-24+,34-32+. The van der Waals surface area contributed by atoms with Crippen molar-refractivity contribution in [3.05, 3.63) is 48.6 Å². The molecule has 1 rings (SSSR count). The highest BCUT2D eigenvalue weighted by Gasteiger charge is 2.44. The molecule has 314 valence electrons. The summed E-state index contributed by atoms with van der Waals surface area (Å²) in [6, 6.07) is -0.828. The van der Waals surface area contributed by atoms with Gasteiger partial charge < -0.3 is 40.3 Å². The van der Waals surface area contributed by atoms with E-state index in [1.807, 2.05) is 6.08 Å². The van der Waals surface area contributed by atoms with E-state index in [1.54, 1.807) is 6.08 Å². The second-order valence-corrected chi connectivity index (χ2v) is 15.1. The molecule has 0 saturated carbocycles. The fraction of sp³-hybridized carbons (Fsp3) is 0.800. The number of aliphatic hydroxyl groups excluding tert-OH is 5. The van der Waals surface area contributed by atoms with Crippen LogP contribution >= 0.6 is 0 Å². The number of carbonyl (C=O) groups is 1. The first-order valence-electron chi connectivity index (χ1n) is 21.9. The third kappa shape index (κ3) is 26.1. The van der Waals surface area contributed by atoms with Crippen molar-refractivity contribution in [1.82, 2.24) is 5.32 Å². The molecule has 1 amide bonds. The fourth-order valence-corrected chi connectivity index (χ4v) is 6.54. The fourth-order valence-electron chi connectivity index (χ4n) is 6.54. The number of ether oxygens (including phenoxy) is 2. The van der Waals surface area contributed by atoms with E-state index >= 15 is 0 Å². The smallest absolute Gasteiger partial charge is 0.220 e. The van der Waals surface area contributed by atoms with Crippen molar-refractivity contribution in [3.8, 4) is 0 Å². The second kappa shape index (κ2) is 35.6. The summed E-state index contributed by atoms with van der Waals surface area (Å²) in [5.41, 5.74) is 0. The number of hydrogen-bond acceptors (Lipinski definition) is 8. The van der Waals surface area contributed by atoms with Gasteiger partial charge in [-0.1, -0.05) is 152 Å². The third-order valence-corrected chi connectivity index (χ3v) is 10.1. The van der Waals surface area contributed by atoms with Crippen LogP contribution in [0, 0.1) is 0 Å². The van der Waals surface area contributed by atoms with Gasteiger partial charge in [-0.15, -0.1) is 0 Å². The van der Waals surface area contributed by atoms with Crippen molar-refractivity contribution in [3.63, 3.8) is 0 Å². The number of hydrogen-bond donors (Lipinski definition) is 6. The Balaban J connectivity index is 2.35. The maximum atomic E-state index is 12.9. The highest BCUT2D eigenvalue weighted by molar-refractivity contribution is 5.76. The van der Waals surface area contributed by atoms with Crippen molar-refractivity contribution in [1.29, 1.82) is 0 Å². The van der Waals surface area contributed by atoms with Crippen molar-refractivity contribution in [2.75, 3.05) is 13.2 Å². The number of amides is 1. The van der Waals surface area contributed by atoms with Crippen LogP contribution in [0.25, 0.3) is 0 Å². The van der Waals surface area contributed by atoms with Gasteiger partial charge in [0.15, 0.2) is 6.29 Å². The van der Waals surface area contributed by atoms with Gasteiger partial charge in [-0.3, -0.25) is 4.79 Å². The van der Waals surface area contributed by atoms with E-state index in [1.165, 1.54) is 83.5 Å². The molecule has 0 aliphatic carbocycles.